The maximum absolute atomic E-state index is 10.8. The van der Waals surface area contributed by atoms with E-state index in [4.69, 9.17) is 9.52 Å². The van der Waals surface area contributed by atoms with Crippen molar-refractivity contribution in [3.63, 3.8) is 0 Å². The van der Waals surface area contributed by atoms with Gasteiger partial charge in [0.05, 0.1) is 0 Å². The highest BCUT2D eigenvalue weighted by atomic mass is 16.4. The molecule has 1 aromatic carbocycles. The molecule has 0 spiro atoms. The average Bonchev–Trinajstić information content (AvgIpc) is 2.79. The van der Waals surface area contributed by atoms with Crippen LogP contribution >= 0.6 is 0 Å². The summed E-state index contributed by atoms with van der Waals surface area (Å²) in [5.74, 6) is -1.06. The number of aromatic carboxylic acids is 1. The van der Waals surface area contributed by atoms with Crippen molar-refractivity contribution >= 4 is 16.9 Å². The van der Waals surface area contributed by atoms with E-state index in [-0.39, 0.29) is 11.3 Å². The molecular formula is C15H19NO3. The molecule has 0 saturated heterocycles. The zero-order valence-corrected chi connectivity index (χ0v) is 11.5. The lowest BCUT2D eigenvalue weighted by Crippen LogP contribution is -2.37. The summed E-state index contributed by atoms with van der Waals surface area (Å²) in [5.41, 5.74) is 1.82. The molecule has 0 aliphatic heterocycles. The fourth-order valence-electron chi connectivity index (χ4n) is 1.77. The Labute approximate surface area is 112 Å². The molecule has 0 aliphatic rings. The summed E-state index contributed by atoms with van der Waals surface area (Å²) >= 11 is 0. The Morgan fingerprint density at radius 1 is 1.37 bits per heavy atom. The smallest absolute Gasteiger partial charge is 0.371 e. The average molecular weight is 261 g/mol. The molecule has 19 heavy (non-hydrogen) atoms. The normalized spacial score (nSPS) is 11.9. The van der Waals surface area contributed by atoms with Gasteiger partial charge in [0.1, 0.15) is 5.58 Å². The molecule has 0 unspecified atom stereocenters. The van der Waals surface area contributed by atoms with Gasteiger partial charge in [0.15, 0.2) is 0 Å². The highest BCUT2D eigenvalue weighted by Crippen LogP contribution is 2.21. The van der Waals surface area contributed by atoms with Crippen molar-refractivity contribution in [2.75, 3.05) is 0 Å². The van der Waals surface area contributed by atoms with Crippen LogP contribution in [0.25, 0.3) is 11.0 Å². The van der Waals surface area contributed by atoms with E-state index < -0.39 is 5.97 Å². The van der Waals surface area contributed by atoms with Gasteiger partial charge >= 0.3 is 5.97 Å². The highest BCUT2D eigenvalue weighted by molar-refractivity contribution is 5.91. The summed E-state index contributed by atoms with van der Waals surface area (Å²) in [4.78, 5) is 10.8. The summed E-state index contributed by atoms with van der Waals surface area (Å²) in [7, 11) is 0. The van der Waals surface area contributed by atoms with Crippen LogP contribution in [0.2, 0.25) is 0 Å². The Balaban J connectivity index is 2.19. The molecule has 0 saturated carbocycles. The van der Waals surface area contributed by atoms with Crippen LogP contribution in [-0.4, -0.2) is 16.6 Å². The van der Waals surface area contributed by atoms with Crippen LogP contribution in [0.3, 0.4) is 0 Å². The molecule has 1 heterocycles. The topological polar surface area (TPSA) is 62.5 Å². The zero-order chi connectivity index (χ0) is 14.0. The Morgan fingerprint density at radius 2 is 2.11 bits per heavy atom. The first-order valence-electron chi connectivity index (χ1n) is 6.42. The number of rotatable bonds is 5. The maximum atomic E-state index is 10.8. The summed E-state index contributed by atoms with van der Waals surface area (Å²) < 4.78 is 5.23. The molecule has 4 heteroatoms. The molecule has 0 bridgehead atoms. The third kappa shape index (κ3) is 3.15. The lowest BCUT2D eigenvalue weighted by Gasteiger charge is -2.24. The van der Waals surface area contributed by atoms with E-state index in [9.17, 15) is 4.79 Å². The number of fused-ring (bicyclic) bond motifs is 1. The Morgan fingerprint density at radius 3 is 2.74 bits per heavy atom. The SMILES string of the molecule is CCC(C)(C)NCc1ccc2oc(C(=O)O)cc2c1. The lowest BCUT2D eigenvalue weighted by molar-refractivity contribution is 0.0665. The number of hydrogen-bond donors (Lipinski definition) is 2. The van der Waals surface area contributed by atoms with Gasteiger partial charge in [0.2, 0.25) is 5.76 Å². The number of benzene rings is 1. The van der Waals surface area contributed by atoms with Crippen molar-refractivity contribution < 1.29 is 14.3 Å². The number of carboxylic acids is 1. The Hall–Kier alpha value is -1.81. The van der Waals surface area contributed by atoms with E-state index in [0.29, 0.717) is 5.58 Å². The van der Waals surface area contributed by atoms with Crippen molar-refractivity contribution in [3.8, 4) is 0 Å². The van der Waals surface area contributed by atoms with Crippen molar-refractivity contribution in [1.29, 1.82) is 0 Å². The molecular weight excluding hydrogens is 242 g/mol. The number of carbonyl (C=O) groups is 1. The van der Waals surface area contributed by atoms with Gasteiger partial charge in [-0.3, -0.25) is 0 Å². The molecule has 102 valence electrons. The molecule has 2 rings (SSSR count). The van der Waals surface area contributed by atoms with Gasteiger partial charge in [-0.15, -0.1) is 0 Å². The van der Waals surface area contributed by atoms with E-state index in [1.54, 1.807) is 6.07 Å². The van der Waals surface area contributed by atoms with E-state index in [1.165, 1.54) is 0 Å². The van der Waals surface area contributed by atoms with Crippen LogP contribution in [0.5, 0.6) is 0 Å². The van der Waals surface area contributed by atoms with Crippen molar-refractivity contribution in [3.05, 3.63) is 35.6 Å². The van der Waals surface area contributed by atoms with Crippen molar-refractivity contribution in [1.82, 2.24) is 5.32 Å². The maximum Gasteiger partial charge on any atom is 0.371 e. The van der Waals surface area contributed by atoms with Gasteiger partial charge in [-0.25, -0.2) is 4.79 Å². The molecule has 2 N–H and O–H groups in total. The predicted molar refractivity (Wildman–Crippen MR) is 74.4 cm³/mol. The number of carboxylic acid groups (broad SMARTS) is 1. The first-order valence-corrected chi connectivity index (χ1v) is 6.42. The fourth-order valence-corrected chi connectivity index (χ4v) is 1.77. The largest absolute Gasteiger partial charge is 0.475 e. The van der Waals surface area contributed by atoms with Gasteiger partial charge in [-0.05, 0) is 44.0 Å². The first-order chi connectivity index (χ1) is 8.91. The minimum atomic E-state index is -1.04. The van der Waals surface area contributed by atoms with E-state index in [1.807, 2.05) is 18.2 Å². The first kappa shape index (κ1) is 13.6. The van der Waals surface area contributed by atoms with Crippen molar-refractivity contribution in [2.45, 2.75) is 39.3 Å². The van der Waals surface area contributed by atoms with Gasteiger partial charge < -0.3 is 14.8 Å². The number of furan rings is 1. The third-order valence-corrected chi connectivity index (χ3v) is 3.45. The zero-order valence-electron chi connectivity index (χ0n) is 11.5. The Kier molecular flexibility index (Phi) is 3.62. The van der Waals surface area contributed by atoms with E-state index in [2.05, 4.69) is 26.1 Å². The van der Waals surface area contributed by atoms with E-state index in [0.717, 1.165) is 23.9 Å². The van der Waals surface area contributed by atoms with E-state index >= 15 is 0 Å². The Bertz CT molecular complexity index is 598. The minimum absolute atomic E-state index is 0.0194. The predicted octanol–water partition coefficient (Wildman–Crippen LogP) is 3.41. The van der Waals surface area contributed by atoms with Crippen LogP contribution in [0, 0.1) is 0 Å². The third-order valence-electron chi connectivity index (χ3n) is 3.45. The molecule has 4 nitrogen and oxygen atoms in total. The summed E-state index contributed by atoms with van der Waals surface area (Å²) in [6.45, 7) is 7.22. The van der Waals surface area contributed by atoms with Gasteiger partial charge in [-0.1, -0.05) is 13.0 Å². The van der Waals surface area contributed by atoms with Crippen LogP contribution in [0.15, 0.2) is 28.7 Å². The highest BCUT2D eigenvalue weighted by Gasteiger charge is 2.14. The van der Waals surface area contributed by atoms with Gasteiger partial charge in [0, 0.05) is 17.5 Å². The quantitative estimate of drug-likeness (QED) is 0.865. The molecule has 0 aliphatic carbocycles. The second-order valence-electron chi connectivity index (χ2n) is 5.38. The lowest BCUT2D eigenvalue weighted by atomic mass is 10.0. The monoisotopic (exact) mass is 261 g/mol. The van der Waals surface area contributed by atoms with Gasteiger partial charge in [0.25, 0.3) is 0 Å². The molecule has 0 atom stereocenters. The molecule has 0 fully saturated rings. The summed E-state index contributed by atoms with van der Waals surface area (Å²) in [5, 5.41) is 13.2. The van der Waals surface area contributed by atoms with Gasteiger partial charge in [-0.2, -0.15) is 0 Å². The summed E-state index contributed by atoms with van der Waals surface area (Å²) in [6.07, 6.45) is 1.05. The second kappa shape index (κ2) is 5.05. The van der Waals surface area contributed by atoms with Crippen LogP contribution in [-0.2, 0) is 6.54 Å². The fraction of sp³-hybridized carbons (Fsp3) is 0.400. The standard InChI is InChI=1S/C15H19NO3/c1-4-15(2,3)16-9-10-5-6-12-11(7-10)8-13(19-12)14(17)18/h5-8,16H,4,9H2,1-3H3,(H,17,18). The molecule has 1 aromatic heterocycles. The van der Waals surface area contributed by atoms with Crippen LogP contribution < -0.4 is 5.32 Å². The summed E-state index contributed by atoms with van der Waals surface area (Å²) in [6, 6.07) is 7.30. The van der Waals surface area contributed by atoms with Crippen LogP contribution in [0.1, 0.15) is 43.3 Å². The number of hydrogen-bond acceptors (Lipinski definition) is 3. The molecule has 0 amide bonds. The molecule has 0 radical (unpaired) electrons. The van der Waals surface area contributed by atoms with Crippen molar-refractivity contribution in [2.24, 2.45) is 0 Å². The molecule has 2 aromatic rings. The minimum Gasteiger partial charge on any atom is -0.475 e. The second-order valence-corrected chi connectivity index (χ2v) is 5.38. The number of nitrogens with one attached hydrogen (secondary N) is 1. The van der Waals surface area contributed by atoms with Crippen LogP contribution in [0.4, 0.5) is 0 Å².